The maximum absolute atomic E-state index is 9.94. The molecule has 0 radical (unpaired) electrons. The van der Waals surface area contributed by atoms with Crippen LogP contribution in [0.25, 0.3) is 11.3 Å². The van der Waals surface area contributed by atoms with Gasteiger partial charge in [0.2, 0.25) is 0 Å². The molecule has 0 bridgehead atoms. The highest BCUT2D eigenvalue weighted by atomic mass is 16.5. The quantitative estimate of drug-likeness (QED) is 0.472. The Morgan fingerprint density at radius 3 is 2.61 bits per heavy atom. The molecule has 1 aliphatic heterocycles. The fourth-order valence-corrected chi connectivity index (χ4v) is 4.85. The third kappa shape index (κ3) is 4.33. The normalized spacial score (nSPS) is 23.6. The summed E-state index contributed by atoms with van der Waals surface area (Å²) in [6.45, 7) is 4.52. The van der Waals surface area contributed by atoms with Crippen molar-refractivity contribution in [1.82, 2.24) is 19.6 Å². The molecular weight excluding hydrogens is 420 g/mol. The number of β-amino-alcohol motifs (C(OH)–C–C–N with tert-alkyl or cyclic N) is 1. The van der Waals surface area contributed by atoms with Crippen LogP contribution in [0.5, 0.6) is 0 Å². The van der Waals surface area contributed by atoms with Crippen LogP contribution in [0, 0.1) is 29.6 Å². The number of imidazole rings is 1. The second kappa shape index (κ2) is 9.12. The fraction of sp³-hybridized carbons (Fsp3) is 0.440. The SMILES string of the molecule is C[C@H](O)c1nccn1[C@H](CO)c1cc(-c2ccc(C#CC3[C@H]4CN(CCO)C[C@@H]34)cc2)on1. The second-order valence-corrected chi connectivity index (χ2v) is 8.87. The molecule has 2 fully saturated rings. The number of nitrogens with zero attached hydrogens (tertiary/aromatic N) is 4. The van der Waals surface area contributed by atoms with Crippen molar-refractivity contribution < 1.29 is 19.8 Å². The largest absolute Gasteiger partial charge is 0.395 e. The molecule has 33 heavy (non-hydrogen) atoms. The molecule has 3 heterocycles. The van der Waals surface area contributed by atoms with Gasteiger partial charge >= 0.3 is 0 Å². The summed E-state index contributed by atoms with van der Waals surface area (Å²) < 4.78 is 7.25. The van der Waals surface area contributed by atoms with Crippen LogP contribution in [-0.2, 0) is 0 Å². The number of aliphatic hydroxyl groups excluding tert-OH is 3. The van der Waals surface area contributed by atoms with Gasteiger partial charge in [0.25, 0.3) is 0 Å². The van der Waals surface area contributed by atoms with E-state index < -0.39 is 12.1 Å². The molecule has 1 saturated heterocycles. The van der Waals surface area contributed by atoms with Crippen LogP contribution in [-0.4, -0.2) is 67.8 Å². The van der Waals surface area contributed by atoms with E-state index in [9.17, 15) is 10.2 Å². The van der Waals surface area contributed by atoms with Crippen molar-refractivity contribution in [2.45, 2.75) is 19.1 Å². The van der Waals surface area contributed by atoms with Crippen LogP contribution >= 0.6 is 0 Å². The van der Waals surface area contributed by atoms with Gasteiger partial charge < -0.3 is 29.3 Å². The molecule has 1 aliphatic carbocycles. The van der Waals surface area contributed by atoms with Crippen molar-refractivity contribution in [2.24, 2.45) is 17.8 Å². The first-order valence-corrected chi connectivity index (χ1v) is 11.3. The third-order valence-corrected chi connectivity index (χ3v) is 6.69. The van der Waals surface area contributed by atoms with Crippen LogP contribution < -0.4 is 0 Å². The predicted molar refractivity (Wildman–Crippen MR) is 121 cm³/mol. The van der Waals surface area contributed by atoms with Gasteiger partial charge in [-0.15, -0.1) is 0 Å². The Balaban J connectivity index is 1.25. The van der Waals surface area contributed by atoms with Gasteiger partial charge in [-0.05, 0) is 43.0 Å². The molecule has 172 valence electrons. The van der Waals surface area contributed by atoms with Gasteiger partial charge in [-0.3, -0.25) is 0 Å². The third-order valence-electron chi connectivity index (χ3n) is 6.69. The first-order valence-electron chi connectivity index (χ1n) is 11.3. The second-order valence-electron chi connectivity index (χ2n) is 8.87. The number of fused-ring (bicyclic) bond motifs is 1. The molecule has 5 atom stereocenters. The highest BCUT2D eigenvalue weighted by Crippen LogP contribution is 2.51. The van der Waals surface area contributed by atoms with Crippen molar-refractivity contribution in [3.05, 3.63) is 59.8 Å². The molecule has 1 saturated carbocycles. The molecule has 5 rings (SSSR count). The average molecular weight is 449 g/mol. The van der Waals surface area contributed by atoms with Gasteiger partial charge in [0.05, 0.1) is 13.2 Å². The zero-order chi connectivity index (χ0) is 22.9. The predicted octanol–water partition coefficient (Wildman–Crippen LogP) is 1.69. The first kappa shape index (κ1) is 21.9. The van der Waals surface area contributed by atoms with Crippen molar-refractivity contribution in [3.63, 3.8) is 0 Å². The molecular formula is C25H28N4O4. The topological polar surface area (TPSA) is 108 Å². The summed E-state index contributed by atoms with van der Waals surface area (Å²) in [5.74, 6) is 9.56. The molecule has 0 spiro atoms. The van der Waals surface area contributed by atoms with Crippen LogP contribution in [0.3, 0.4) is 0 Å². The van der Waals surface area contributed by atoms with E-state index >= 15 is 0 Å². The van der Waals surface area contributed by atoms with E-state index in [-0.39, 0.29) is 13.2 Å². The van der Waals surface area contributed by atoms with E-state index in [2.05, 4.69) is 26.9 Å². The van der Waals surface area contributed by atoms with Crippen molar-refractivity contribution in [3.8, 4) is 23.2 Å². The Hall–Kier alpha value is -2.96. The number of rotatable bonds is 7. The molecule has 8 heteroatoms. The standard InChI is InChI=1S/C25H28N4O4/c1-16(32)25-26-8-9-29(25)23(15-31)22-12-24(33-27-22)18-5-2-17(3-6-18)4-7-19-20-13-28(10-11-30)14-21(19)20/h2-3,5-6,8-9,12,16,19-21,23,30-32H,10-11,13-15H2,1H3/t16-,19?,20-,21+,23+/m0/s1. The Labute approximate surface area is 192 Å². The maximum atomic E-state index is 9.94. The Morgan fingerprint density at radius 2 is 1.94 bits per heavy atom. The number of benzene rings is 1. The highest BCUT2D eigenvalue weighted by Gasteiger charge is 2.54. The summed E-state index contributed by atoms with van der Waals surface area (Å²) in [5, 5.41) is 33.1. The number of hydrogen-bond donors (Lipinski definition) is 3. The van der Waals surface area contributed by atoms with E-state index in [1.165, 1.54) is 0 Å². The van der Waals surface area contributed by atoms with E-state index in [0.717, 1.165) is 30.8 Å². The van der Waals surface area contributed by atoms with Crippen LogP contribution in [0.1, 0.15) is 36.2 Å². The van der Waals surface area contributed by atoms with E-state index in [1.807, 2.05) is 24.3 Å². The van der Waals surface area contributed by atoms with Gasteiger partial charge in [-0.2, -0.15) is 0 Å². The smallest absolute Gasteiger partial charge is 0.167 e. The summed E-state index contributed by atoms with van der Waals surface area (Å²) in [4.78, 5) is 6.48. The van der Waals surface area contributed by atoms with Crippen molar-refractivity contribution in [2.75, 3.05) is 32.8 Å². The molecule has 0 amide bonds. The lowest BCUT2D eigenvalue weighted by atomic mass is 10.1. The number of aliphatic hydroxyl groups is 3. The molecule has 1 unspecified atom stereocenters. The minimum absolute atomic E-state index is 0.197. The van der Waals surface area contributed by atoms with Crippen molar-refractivity contribution in [1.29, 1.82) is 0 Å². The summed E-state index contributed by atoms with van der Waals surface area (Å²) in [6, 6.07) is 9.18. The molecule has 2 aliphatic rings. The monoisotopic (exact) mass is 448 g/mol. The van der Waals surface area contributed by atoms with E-state index in [4.69, 9.17) is 9.63 Å². The molecule has 3 N–H and O–H groups in total. The molecule has 2 aromatic heterocycles. The lowest BCUT2D eigenvalue weighted by Gasteiger charge is -2.17. The minimum Gasteiger partial charge on any atom is -0.395 e. The maximum Gasteiger partial charge on any atom is 0.167 e. The van der Waals surface area contributed by atoms with Gasteiger partial charge in [0.1, 0.15) is 23.7 Å². The zero-order valence-electron chi connectivity index (χ0n) is 18.5. The van der Waals surface area contributed by atoms with Crippen LogP contribution in [0.2, 0.25) is 0 Å². The lowest BCUT2D eigenvalue weighted by Crippen LogP contribution is -2.27. The number of likely N-dealkylation sites (tertiary alicyclic amines) is 1. The summed E-state index contributed by atoms with van der Waals surface area (Å²) >= 11 is 0. The Kier molecular flexibility index (Phi) is 6.04. The number of aromatic nitrogens is 3. The van der Waals surface area contributed by atoms with Gasteiger partial charge in [0, 0.05) is 55.1 Å². The molecule has 8 nitrogen and oxygen atoms in total. The van der Waals surface area contributed by atoms with Gasteiger partial charge in [-0.25, -0.2) is 4.98 Å². The van der Waals surface area contributed by atoms with Crippen LogP contribution in [0.4, 0.5) is 0 Å². The van der Waals surface area contributed by atoms with E-state index in [0.29, 0.717) is 35.0 Å². The molecule has 1 aromatic carbocycles. The summed E-state index contributed by atoms with van der Waals surface area (Å²) in [7, 11) is 0. The number of hydrogen-bond acceptors (Lipinski definition) is 7. The van der Waals surface area contributed by atoms with Gasteiger partial charge in [0.15, 0.2) is 5.76 Å². The highest BCUT2D eigenvalue weighted by molar-refractivity contribution is 5.59. The fourth-order valence-electron chi connectivity index (χ4n) is 4.85. The van der Waals surface area contributed by atoms with Gasteiger partial charge in [-0.1, -0.05) is 17.0 Å². The Bertz CT molecular complexity index is 1150. The summed E-state index contributed by atoms with van der Waals surface area (Å²) in [6.07, 6.45) is 2.54. The Morgan fingerprint density at radius 1 is 1.18 bits per heavy atom. The average Bonchev–Trinajstić information content (AvgIpc) is 3.32. The van der Waals surface area contributed by atoms with Crippen molar-refractivity contribution >= 4 is 0 Å². The minimum atomic E-state index is -0.760. The molecule has 3 aromatic rings. The zero-order valence-corrected chi connectivity index (χ0v) is 18.5. The lowest BCUT2D eigenvalue weighted by molar-refractivity contribution is 0.173. The van der Waals surface area contributed by atoms with E-state index in [1.54, 1.807) is 30.0 Å². The first-order chi connectivity index (χ1) is 16.1. The van der Waals surface area contributed by atoms with Crippen LogP contribution in [0.15, 0.2) is 47.2 Å². The number of piperidine rings is 1. The summed E-state index contributed by atoms with van der Waals surface area (Å²) in [5.41, 5.74) is 2.40.